The average Bonchev–Trinajstić information content (AvgIpc) is 3.14. The Morgan fingerprint density at radius 1 is 1.24 bits per heavy atom. The van der Waals surface area contributed by atoms with E-state index in [2.05, 4.69) is 4.99 Å². The Morgan fingerprint density at radius 3 is 2.72 bits per heavy atom. The van der Waals surface area contributed by atoms with Gasteiger partial charge in [-0.15, -0.1) is 0 Å². The van der Waals surface area contributed by atoms with E-state index in [1.54, 1.807) is 31.4 Å². The van der Waals surface area contributed by atoms with E-state index >= 15 is 0 Å². The van der Waals surface area contributed by atoms with Crippen LogP contribution in [0.1, 0.15) is 5.56 Å². The van der Waals surface area contributed by atoms with Crippen LogP contribution in [0, 0.1) is 5.82 Å². The molecule has 2 aliphatic rings. The minimum atomic E-state index is -3.14. The summed E-state index contributed by atoms with van der Waals surface area (Å²) < 4.78 is 42.6. The molecule has 0 aromatic heterocycles. The van der Waals surface area contributed by atoms with Crippen LogP contribution in [0.2, 0.25) is 0 Å². The normalized spacial score (nSPS) is 23.9. The molecule has 2 saturated heterocycles. The van der Waals surface area contributed by atoms with Gasteiger partial charge < -0.3 is 9.64 Å². The molecule has 0 unspecified atom stereocenters. The molecule has 1 amide bonds. The Bertz CT molecular complexity index is 1070. The summed E-state index contributed by atoms with van der Waals surface area (Å²) in [5, 5.41) is 0.304. The van der Waals surface area contributed by atoms with Crippen LogP contribution < -0.4 is 9.64 Å². The molecule has 2 fully saturated rings. The molecule has 0 aliphatic carbocycles. The fourth-order valence-corrected chi connectivity index (χ4v) is 7.48. The minimum absolute atomic E-state index is 0.0209. The zero-order valence-corrected chi connectivity index (χ0v) is 17.2. The first-order chi connectivity index (χ1) is 13.8. The lowest BCUT2D eigenvalue weighted by molar-refractivity contribution is -0.117. The third-order valence-corrected chi connectivity index (χ3v) is 8.10. The van der Waals surface area contributed by atoms with Crippen molar-refractivity contribution in [2.24, 2.45) is 4.99 Å². The summed E-state index contributed by atoms with van der Waals surface area (Å²) in [5.41, 5.74) is 1.40. The van der Waals surface area contributed by atoms with Crippen LogP contribution in [0.5, 0.6) is 5.75 Å². The lowest BCUT2D eigenvalue weighted by Crippen LogP contribution is -2.37. The van der Waals surface area contributed by atoms with Gasteiger partial charge in [0.2, 0.25) is 0 Å². The fourth-order valence-electron chi connectivity index (χ4n) is 3.55. The van der Waals surface area contributed by atoms with E-state index in [-0.39, 0.29) is 40.9 Å². The third-order valence-electron chi connectivity index (χ3n) is 4.89. The number of benzene rings is 2. The van der Waals surface area contributed by atoms with E-state index in [1.165, 1.54) is 23.9 Å². The van der Waals surface area contributed by atoms with E-state index in [0.717, 1.165) is 5.69 Å². The maximum atomic E-state index is 13.1. The molecule has 2 aliphatic heterocycles. The number of rotatable bonds is 4. The Morgan fingerprint density at radius 2 is 2.00 bits per heavy atom. The zero-order valence-electron chi connectivity index (χ0n) is 15.6. The second kappa shape index (κ2) is 7.79. The van der Waals surface area contributed by atoms with Crippen LogP contribution in [-0.2, 0) is 21.1 Å². The average molecular weight is 435 g/mol. The van der Waals surface area contributed by atoms with E-state index in [1.807, 2.05) is 17.0 Å². The van der Waals surface area contributed by atoms with Gasteiger partial charge in [0.25, 0.3) is 5.91 Å². The van der Waals surface area contributed by atoms with Gasteiger partial charge in [-0.1, -0.05) is 30.0 Å². The van der Waals surface area contributed by atoms with Gasteiger partial charge in [0, 0.05) is 17.0 Å². The molecule has 0 bridgehead atoms. The number of hydrogen-bond acceptors (Lipinski definition) is 5. The lowest BCUT2D eigenvalue weighted by atomic mass is 10.1. The van der Waals surface area contributed by atoms with Gasteiger partial charge in [-0.3, -0.25) is 4.79 Å². The number of ether oxygens (including phenoxy) is 1. The predicted octanol–water partition coefficient (Wildman–Crippen LogP) is 2.68. The molecule has 9 heteroatoms. The molecule has 6 nitrogen and oxygen atoms in total. The van der Waals surface area contributed by atoms with Crippen LogP contribution in [-0.4, -0.2) is 49.4 Å². The maximum absolute atomic E-state index is 13.1. The molecular weight excluding hydrogens is 415 g/mol. The van der Waals surface area contributed by atoms with Crippen molar-refractivity contribution in [3.63, 3.8) is 0 Å². The predicted molar refractivity (Wildman–Crippen MR) is 112 cm³/mol. The van der Waals surface area contributed by atoms with Gasteiger partial charge in [-0.05, 0) is 29.8 Å². The van der Waals surface area contributed by atoms with Crippen molar-refractivity contribution < 1.29 is 22.3 Å². The fraction of sp³-hybridized carbons (Fsp3) is 0.300. The number of amides is 1. The number of amidine groups is 1. The molecule has 2 heterocycles. The second-order valence-electron chi connectivity index (χ2n) is 6.96. The number of carbonyl (C=O) groups excluding carboxylic acids is 1. The lowest BCUT2D eigenvalue weighted by Gasteiger charge is -2.24. The molecule has 4 rings (SSSR count). The second-order valence-corrected chi connectivity index (χ2v) is 10.3. The molecule has 2 atom stereocenters. The summed E-state index contributed by atoms with van der Waals surface area (Å²) in [7, 11) is -1.58. The van der Waals surface area contributed by atoms with Crippen molar-refractivity contribution in [3.05, 3.63) is 59.9 Å². The molecule has 0 N–H and O–H groups in total. The number of anilines is 1. The van der Waals surface area contributed by atoms with Crippen molar-refractivity contribution in [2.75, 3.05) is 23.5 Å². The van der Waals surface area contributed by atoms with Crippen LogP contribution >= 0.6 is 11.8 Å². The molecule has 0 radical (unpaired) electrons. The standard InChI is InChI=1S/C20H19FN2O4S2/c1-27-16-4-2-3-15(10-16)23-17-11-29(25,26)12-18(17)28-20(23)22-19(24)9-13-5-7-14(21)8-6-13/h2-8,10,17-18H,9,11-12H2,1H3/t17-,18-/m1/s1. The van der Waals surface area contributed by atoms with Crippen LogP contribution in [0.15, 0.2) is 53.5 Å². The van der Waals surface area contributed by atoms with Gasteiger partial charge in [-0.2, -0.15) is 4.99 Å². The Kier molecular flexibility index (Phi) is 5.35. The Balaban J connectivity index is 1.64. The molecule has 152 valence electrons. The first-order valence-electron chi connectivity index (χ1n) is 9.01. The van der Waals surface area contributed by atoms with Crippen molar-refractivity contribution in [1.29, 1.82) is 0 Å². The number of nitrogens with zero attached hydrogens (tertiary/aromatic N) is 2. The van der Waals surface area contributed by atoms with Crippen LogP contribution in [0.4, 0.5) is 10.1 Å². The first kappa shape index (κ1) is 19.9. The maximum Gasteiger partial charge on any atom is 0.252 e. The summed E-state index contributed by atoms with van der Waals surface area (Å²) in [6, 6.07) is 12.7. The van der Waals surface area contributed by atoms with E-state index in [9.17, 15) is 17.6 Å². The highest BCUT2D eigenvalue weighted by atomic mass is 32.2. The zero-order chi connectivity index (χ0) is 20.6. The van der Waals surface area contributed by atoms with Crippen molar-refractivity contribution >= 4 is 38.4 Å². The van der Waals surface area contributed by atoms with E-state index < -0.39 is 9.84 Å². The number of carbonyl (C=O) groups is 1. The summed E-state index contributed by atoms with van der Waals surface area (Å²) in [6.07, 6.45) is 0.0456. The van der Waals surface area contributed by atoms with Crippen molar-refractivity contribution in [3.8, 4) is 5.75 Å². The molecule has 29 heavy (non-hydrogen) atoms. The number of hydrogen-bond donors (Lipinski definition) is 0. The van der Waals surface area contributed by atoms with Crippen LogP contribution in [0.3, 0.4) is 0 Å². The quantitative estimate of drug-likeness (QED) is 0.737. The van der Waals surface area contributed by atoms with E-state index in [4.69, 9.17) is 4.74 Å². The molecule has 0 spiro atoms. The highest BCUT2D eigenvalue weighted by Gasteiger charge is 2.49. The molecular formula is C20H19FN2O4S2. The number of methoxy groups -OCH3 is 1. The highest BCUT2D eigenvalue weighted by molar-refractivity contribution is 8.16. The van der Waals surface area contributed by atoms with Gasteiger partial charge in [-0.25, -0.2) is 12.8 Å². The molecule has 0 saturated carbocycles. The minimum Gasteiger partial charge on any atom is -0.497 e. The largest absolute Gasteiger partial charge is 0.497 e. The number of sulfone groups is 1. The van der Waals surface area contributed by atoms with Gasteiger partial charge in [0.1, 0.15) is 11.6 Å². The monoisotopic (exact) mass is 434 g/mol. The SMILES string of the molecule is COc1cccc(N2C(=NC(=O)Cc3ccc(F)cc3)S[C@@H]3CS(=O)(=O)C[C@H]32)c1. The van der Waals surface area contributed by atoms with Crippen LogP contribution in [0.25, 0.3) is 0 Å². The Labute approximate surface area is 172 Å². The smallest absolute Gasteiger partial charge is 0.252 e. The number of aliphatic imine (C=N–C) groups is 1. The summed E-state index contributed by atoms with van der Waals surface area (Å²) in [6.45, 7) is 0. The van der Waals surface area contributed by atoms with Gasteiger partial charge >= 0.3 is 0 Å². The van der Waals surface area contributed by atoms with Gasteiger partial charge in [0.05, 0.1) is 31.1 Å². The van der Waals surface area contributed by atoms with E-state index in [0.29, 0.717) is 16.5 Å². The Hall–Kier alpha value is -2.39. The topological polar surface area (TPSA) is 76.0 Å². The summed E-state index contributed by atoms with van der Waals surface area (Å²) >= 11 is 1.32. The molecule has 2 aromatic rings. The number of fused-ring (bicyclic) bond motifs is 1. The highest BCUT2D eigenvalue weighted by Crippen LogP contribution is 2.41. The summed E-state index contributed by atoms with van der Waals surface area (Å²) in [4.78, 5) is 18.6. The number of halogens is 1. The summed E-state index contributed by atoms with van der Waals surface area (Å²) in [5.74, 6) is -0.0122. The molecule has 2 aromatic carbocycles. The van der Waals surface area contributed by atoms with Crippen molar-refractivity contribution in [2.45, 2.75) is 17.7 Å². The number of thioether (sulfide) groups is 1. The first-order valence-corrected chi connectivity index (χ1v) is 11.7. The van der Waals surface area contributed by atoms with Gasteiger partial charge in [0.15, 0.2) is 15.0 Å². The van der Waals surface area contributed by atoms with Crippen molar-refractivity contribution in [1.82, 2.24) is 0 Å². The third kappa shape index (κ3) is 4.30.